The number of carbonyl (C=O) groups excluding carboxylic acids is 1. The van der Waals surface area contributed by atoms with Crippen LogP contribution in [0.5, 0.6) is 0 Å². The second-order valence-corrected chi connectivity index (χ2v) is 6.25. The average molecular weight is 290 g/mol. The largest absolute Gasteiger partial charge is 0.332 e. The van der Waals surface area contributed by atoms with Gasteiger partial charge in [-0.25, -0.2) is 0 Å². The molecule has 0 aliphatic heterocycles. The first-order valence-corrected chi connectivity index (χ1v) is 7.94. The van der Waals surface area contributed by atoms with E-state index in [1.54, 1.807) is 6.07 Å². The van der Waals surface area contributed by atoms with Gasteiger partial charge in [-0.05, 0) is 16.7 Å². The summed E-state index contributed by atoms with van der Waals surface area (Å²) in [4.78, 5) is 29.2. The molecule has 0 amide bonds. The molecule has 0 saturated heterocycles. The quantitative estimate of drug-likeness (QED) is 0.830. The Morgan fingerprint density at radius 3 is 2.25 bits per heavy atom. The van der Waals surface area contributed by atoms with Crippen LogP contribution in [-0.2, 0) is 15.8 Å². The molecule has 0 heterocycles. The van der Waals surface area contributed by atoms with E-state index in [0.717, 1.165) is 16.7 Å². The fourth-order valence-electron chi connectivity index (χ4n) is 2.00. The van der Waals surface area contributed by atoms with Gasteiger partial charge in [-0.2, -0.15) is 0 Å². The second-order valence-electron chi connectivity index (χ2n) is 4.60. The van der Waals surface area contributed by atoms with Crippen molar-refractivity contribution in [2.45, 2.75) is 6.42 Å². The third-order valence-corrected chi connectivity index (χ3v) is 3.58. The van der Waals surface area contributed by atoms with Crippen LogP contribution in [0.4, 0.5) is 0 Å². The van der Waals surface area contributed by atoms with Gasteiger partial charge in [0.1, 0.15) is 11.9 Å². The van der Waals surface area contributed by atoms with Crippen LogP contribution in [0.2, 0.25) is 0 Å². The van der Waals surface area contributed by atoms with E-state index in [4.69, 9.17) is 9.79 Å². The lowest BCUT2D eigenvalue weighted by atomic mass is 10.0. The molecule has 0 atom stereocenters. The molecule has 2 N–H and O–H groups in total. The van der Waals surface area contributed by atoms with Gasteiger partial charge < -0.3 is 9.79 Å². The molecule has 0 aliphatic carbocycles. The maximum Gasteiger partial charge on any atom is 0.332 e. The van der Waals surface area contributed by atoms with Crippen LogP contribution in [0.1, 0.15) is 5.56 Å². The van der Waals surface area contributed by atoms with Crippen molar-refractivity contribution in [2.75, 3.05) is 6.16 Å². The Balaban J connectivity index is 2.15. The third kappa shape index (κ3) is 4.42. The molecule has 2 aromatic rings. The normalized spacial score (nSPS) is 11.3. The lowest BCUT2D eigenvalue weighted by Gasteiger charge is -2.06. The van der Waals surface area contributed by atoms with Crippen LogP contribution in [0.3, 0.4) is 0 Å². The molecule has 0 unspecified atom stereocenters. The minimum Gasteiger partial charge on any atom is -0.324 e. The molecule has 2 aromatic carbocycles. The van der Waals surface area contributed by atoms with Crippen LogP contribution in [0, 0.1) is 0 Å². The highest BCUT2D eigenvalue weighted by Crippen LogP contribution is 2.34. The van der Waals surface area contributed by atoms with Gasteiger partial charge in [-0.3, -0.25) is 9.36 Å². The Hall–Kier alpha value is -1.74. The molecule has 0 bridgehead atoms. The van der Waals surface area contributed by atoms with Gasteiger partial charge in [0.25, 0.3) is 0 Å². The minimum atomic E-state index is -4.28. The van der Waals surface area contributed by atoms with Crippen LogP contribution >= 0.6 is 7.60 Å². The summed E-state index contributed by atoms with van der Waals surface area (Å²) in [5.41, 5.74) is 2.77. The minimum absolute atomic E-state index is 0.0335. The van der Waals surface area contributed by atoms with Crippen molar-refractivity contribution >= 4 is 13.4 Å². The molecule has 0 spiro atoms. The van der Waals surface area contributed by atoms with Crippen molar-refractivity contribution in [1.29, 1.82) is 0 Å². The van der Waals surface area contributed by atoms with Crippen molar-refractivity contribution in [3.05, 3.63) is 60.2 Å². The Kier molecular flexibility index (Phi) is 4.50. The zero-order valence-corrected chi connectivity index (χ0v) is 11.7. The summed E-state index contributed by atoms with van der Waals surface area (Å²) in [7, 11) is -4.28. The van der Waals surface area contributed by atoms with E-state index in [1.165, 1.54) is 0 Å². The predicted octanol–water partition coefficient (Wildman–Crippen LogP) is 2.64. The van der Waals surface area contributed by atoms with Crippen molar-refractivity contribution in [2.24, 2.45) is 0 Å². The molecule has 0 radical (unpaired) electrons. The zero-order valence-electron chi connectivity index (χ0n) is 10.8. The van der Waals surface area contributed by atoms with Gasteiger partial charge in [-0.15, -0.1) is 0 Å². The Labute approximate surface area is 117 Å². The van der Waals surface area contributed by atoms with E-state index in [0.29, 0.717) is 0 Å². The third-order valence-electron chi connectivity index (χ3n) is 2.82. The Bertz CT molecular complexity index is 646. The second kappa shape index (κ2) is 6.14. The predicted molar refractivity (Wildman–Crippen MR) is 77.5 cm³/mol. The highest BCUT2D eigenvalue weighted by atomic mass is 31.2. The van der Waals surface area contributed by atoms with E-state index in [-0.39, 0.29) is 6.42 Å². The summed E-state index contributed by atoms with van der Waals surface area (Å²) in [6.45, 7) is 0. The van der Waals surface area contributed by atoms with E-state index in [9.17, 15) is 9.36 Å². The van der Waals surface area contributed by atoms with Gasteiger partial charge >= 0.3 is 7.60 Å². The molecule has 0 aromatic heterocycles. The Morgan fingerprint density at radius 1 is 0.950 bits per heavy atom. The molecule has 5 heteroatoms. The fraction of sp³-hybridized carbons (Fsp3) is 0.133. The highest BCUT2D eigenvalue weighted by molar-refractivity contribution is 7.52. The molecule has 20 heavy (non-hydrogen) atoms. The van der Waals surface area contributed by atoms with Gasteiger partial charge in [-0.1, -0.05) is 54.6 Å². The maximum absolute atomic E-state index is 11.6. The number of hydrogen-bond donors (Lipinski definition) is 2. The summed E-state index contributed by atoms with van der Waals surface area (Å²) in [5.74, 6) is -0.455. The van der Waals surface area contributed by atoms with Crippen LogP contribution < -0.4 is 0 Å². The molecular formula is C15H15O4P. The number of rotatable bonds is 5. The van der Waals surface area contributed by atoms with Gasteiger partial charge in [0, 0.05) is 6.42 Å². The Morgan fingerprint density at radius 2 is 1.60 bits per heavy atom. The molecule has 104 valence electrons. The van der Waals surface area contributed by atoms with E-state index in [2.05, 4.69) is 0 Å². The topological polar surface area (TPSA) is 74.6 Å². The molecular weight excluding hydrogens is 275 g/mol. The van der Waals surface area contributed by atoms with E-state index in [1.807, 2.05) is 48.5 Å². The standard InChI is InChI=1S/C15H15O4P/c16-15(11-20(17,18)19)10-12-5-4-8-14(9-12)13-6-2-1-3-7-13/h1-9H,10-11H2,(H2,17,18,19). The smallest absolute Gasteiger partial charge is 0.324 e. The molecule has 4 nitrogen and oxygen atoms in total. The summed E-state index contributed by atoms with van der Waals surface area (Å²) < 4.78 is 10.8. The lowest BCUT2D eigenvalue weighted by molar-refractivity contribution is -0.116. The van der Waals surface area contributed by atoms with Crippen molar-refractivity contribution in [3.63, 3.8) is 0 Å². The number of carbonyl (C=O) groups is 1. The monoisotopic (exact) mass is 290 g/mol. The summed E-state index contributed by atoms with van der Waals surface area (Å²) >= 11 is 0. The zero-order chi connectivity index (χ0) is 14.6. The summed E-state index contributed by atoms with van der Waals surface area (Å²) in [6.07, 6.45) is -0.672. The van der Waals surface area contributed by atoms with E-state index >= 15 is 0 Å². The van der Waals surface area contributed by atoms with Crippen molar-refractivity contribution in [1.82, 2.24) is 0 Å². The van der Waals surface area contributed by atoms with Gasteiger partial charge in [0.15, 0.2) is 0 Å². The fourth-order valence-corrected chi connectivity index (χ4v) is 2.58. The van der Waals surface area contributed by atoms with E-state index < -0.39 is 19.5 Å². The summed E-state index contributed by atoms with van der Waals surface area (Å²) in [6, 6.07) is 17.2. The van der Waals surface area contributed by atoms with Crippen molar-refractivity contribution in [3.8, 4) is 11.1 Å². The molecule has 0 saturated carbocycles. The number of hydrogen-bond acceptors (Lipinski definition) is 2. The molecule has 2 rings (SSSR count). The lowest BCUT2D eigenvalue weighted by Crippen LogP contribution is -2.08. The average Bonchev–Trinajstić information content (AvgIpc) is 2.38. The number of ketones is 1. The highest BCUT2D eigenvalue weighted by Gasteiger charge is 2.19. The van der Waals surface area contributed by atoms with Crippen LogP contribution in [0.15, 0.2) is 54.6 Å². The first-order chi connectivity index (χ1) is 9.44. The number of Topliss-reactive ketones (excluding diaryl/α,β-unsaturated/α-hetero) is 1. The van der Waals surface area contributed by atoms with Gasteiger partial charge in [0.05, 0.1) is 0 Å². The first kappa shape index (κ1) is 14.7. The van der Waals surface area contributed by atoms with Crippen molar-refractivity contribution < 1.29 is 19.1 Å². The van der Waals surface area contributed by atoms with Crippen LogP contribution in [0.25, 0.3) is 11.1 Å². The number of benzene rings is 2. The molecule has 0 fully saturated rings. The maximum atomic E-state index is 11.6. The molecule has 0 aliphatic rings. The SMILES string of the molecule is O=C(Cc1cccc(-c2ccccc2)c1)CP(=O)(O)O. The van der Waals surface area contributed by atoms with Crippen LogP contribution in [-0.4, -0.2) is 21.7 Å². The first-order valence-electron chi connectivity index (χ1n) is 6.15. The summed E-state index contributed by atoms with van der Waals surface area (Å²) in [5, 5.41) is 0. The van der Waals surface area contributed by atoms with Gasteiger partial charge in [0.2, 0.25) is 0 Å².